The number of anilines is 1. The molecule has 4 heteroatoms. The highest BCUT2D eigenvalue weighted by molar-refractivity contribution is 9.10. The first-order valence-corrected chi connectivity index (χ1v) is 7.83. The van der Waals surface area contributed by atoms with E-state index in [1.165, 1.54) is 5.56 Å². The number of halogens is 1. The largest absolute Gasteiger partial charge is 0.384 e. The summed E-state index contributed by atoms with van der Waals surface area (Å²) in [6, 6.07) is 18.1. The lowest BCUT2D eigenvalue weighted by molar-refractivity contribution is -0.120. The average Bonchev–Trinajstić information content (AvgIpc) is 2.48. The first-order chi connectivity index (χ1) is 10.2. The van der Waals surface area contributed by atoms with Crippen LogP contribution in [-0.4, -0.2) is 19.0 Å². The minimum absolute atomic E-state index is 0.0772. The monoisotopic (exact) mass is 346 g/mol. The maximum atomic E-state index is 11.7. The third kappa shape index (κ3) is 6.00. The van der Waals surface area contributed by atoms with E-state index < -0.39 is 0 Å². The van der Waals surface area contributed by atoms with Crippen LogP contribution in [0.15, 0.2) is 59.1 Å². The minimum atomic E-state index is 0.0772. The number of carbonyl (C=O) groups is 1. The van der Waals surface area contributed by atoms with E-state index >= 15 is 0 Å². The molecule has 0 fully saturated rings. The van der Waals surface area contributed by atoms with Crippen LogP contribution in [0.3, 0.4) is 0 Å². The summed E-state index contributed by atoms with van der Waals surface area (Å²) in [4.78, 5) is 11.7. The Morgan fingerprint density at radius 3 is 2.57 bits per heavy atom. The maximum Gasteiger partial charge on any atom is 0.221 e. The number of rotatable bonds is 7. The number of hydrogen-bond donors (Lipinski definition) is 2. The molecule has 0 saturated carbocycles. The van der Waals surface area contributed by atoms with Crippen molar-refractivity contribution in [2.24, 2.45) is 0 Å². The van der Waals surface area contributed by atoms with Gasteiger partial charge in [0.25, 0.3) is 0 Å². The van der Waals surface area contributed by atoms with Gasteiger partial charge in [-0.1, -0.05) is 52.3 Å². The molecule has 2 aromatic carbocycles. The van der Waals surface area contributed by atoms with Crippen molar-refractivity contribution >= 4 is 27.5 Å². The molecule has 0 atom stereocenters. The molecule has 0 aliphatic rings. The number of amides is 1. The van der Waals surface area contributed by atoms with Crippen molar-refractivity contribution in [1.82, 2.24) is 5.32 Å². The lowest BCUT2D eigenvalue weighted by Gasteiger charge is -2.08. The second-order valence-electron chi connectivity index (χ2n) is 4.77. The molecule has 0 heterocycles. The highest BCUT2D eigenvalue weighted by Crippen LogP contribution is 2.15. The lowest BCUT2D eigenvalue weighted by atomic mass is 10.1. The zero-order chi connectivity index (χ0) is 14.9. The number of carbonyl (C=O) groups excluding carboxylic acids is 1. The van der Waals surface area contributed by atoms with Crippen molar-refractivity contribution in [2.75, 3.05) is 18.4 Å². The van der Waals surface area contributed by atoms with Crippen molar-refractivity contribution in [3.05, 3.63) is 64.6 Å². The van der Waals surface area contributed by atoms with Gasteiger partial charge in [0, 0.05) is 29.7 Å². The van der Waals surface area contributed by atoms with Gasteiger partial charge in [-0.15, -0.1) is 0 Å². The predicted molar refractivity (Wildman–Crippen MR) is 90.4 cm³/mol. The van der Waals surface area contributed by atoms with Gasteiger partial charge in [0.2, 0.25) is 5.91 Å². The number of hydrogen-bond acceptors (Lipinski definition) is 2. The van der Waals surface area contributed by atoms with Crippen LogP contribution >= 0.6 is 15.9 Å². The zero-order valence-corrected chi connectivity index (χ0v) is 13.4. The normalized spacial score (nSPS) is 10.1. The molecule has 0 spiro atoms. The molecule has 0 saturated heterocycles. The molecule has 21 heavy (non-hydrogen) atoms. The van der Waals surface area contributed by atoms with Crippen LogP contribution < -0.4 is 10.6 Å². The highest BCUT2D eigenvalue weighted by atomic mass is 79.9. The molecular formula is C17H19BrN2O. The van der Waals surface area contributed by atoms with Crippen LogP contribution in [-0.2, 0) is 11.2 Å². The van der Waals surface area contributed by atoms with Crippen LogP contribution in [0.25, 0.3) is 0 Å². The fraction of sp³-hybridized carbons (Fsp3) is 0.235. The molecule has 110 valence electrons. The first-order valence-electron chi connectivity index (χ1n) is 7.04. The van der Waals surface area contributed by atoms with E-state index in [0.717, 1.165) is 16.6 Å². The van der Waals surface area contributed by atoms with Gasteiger partial charge in [-0.3, -0.25) is 4.79 Å². The van der Waals surface area contributed by atoms with E-state index in [0.29, 0.717) is 19.5 Å². The quantitative estimate of drug-likeness (QED) is 0.803. The molecule has 0 radical (unpaired) electrons. The first kappa shape index (κ1) is 15.6. The SMILES string of the molecule is O=C(CCNc1cccc(Br)c1)NCCc1ccccc1. The molecule has 2 rings (SSSR count). The standard InChI is InChI=1S/C17H19BrN2O/c18-15-7-4-8-16(13-15)19-12-10-17(21)20-11-9-14-5-2-1-3-6-14/h1-8,13,19H,9-12H2,(H,20,21). The Morgan fingerprint density at radius 1 is 1.00 bits per heavy atom. The molecule has 0 unspecified atom stereocenters. The van der Waals surface area contributed by atoms with Gasteiger partial charge >= 0.3 is 0 Å². The number of benzene rings is 2. The van der Waals surface area contributed by atoms with E-state index in [9.17, 15) is 4.79 Å². The Bertz CT molecular complexity index is 572. The summed E-state index contributed by atoms with van der Waals surface area (Å²) in [7, 11) is 0. The summed E-state index contributed by atoms with van der Waals surface area (Å²) >= 11 is 3.42. The van der Waals surface area contributed by atoms with Gasteiger partial charge in [-0.2, -0.15) is 0 Å². The van der Waals surface area contributed by atoms with Crippen molar-refractivity contribution in [3.8, 4) is 0 Å². The third-order valence-corrected chi connectivity index (χ3v) is 3.58. The minimum Gasteiger partial charge on any atom is -0.384 e. The van der Waals surface area contributed by atoms with E-state index in [2.05, 4.69) is 38.7 Å². The van der Waals surface area contributed by atoms with Crippen molar-refractivity contribution in [1.29, 1.82) is 0 Å². The van der Waals surface area contributed by atoms with E-state index in [1.807, 2.05) is 42.5 Å². The molecule has 2 aromatic rings. The Morgan fingerprint density at radius 2 is 1.81 bits per heavy atom. The Kier molecular flexibility index (Phi) is 6.28. The summed E-state index contributed by atoms with van der Waals surface area (Å²) < 4.78 is 1.03. The van der Waals surface area contributed by atoms with Crippen molar-refractivity contribution in [3.63, 3.8) is 0 Å². The molecule has 0 bridgehead atoms. The zero-order valence-electron chi connectivity index (χ0n) is 11.8. The average molecular weight is 347 g/mol. The van der Waals surface area contributed by atoms with E-state index in [1.54, 1.807) is 0 Å². The van der Waals surface area contributed by atoms with E-state index in [4.69, 9.17) is 0 Å². The van der Waals surface area contributed by atoms with Crippen LogP contribution in [0.1, 0.15) is 12.0 Å². The molecule has 2 N–H and O–H groups in total. The van der Waals surface area contributed by atoms with E-state index in [-0.39, 0.29) is 5.91 Å². The Balaban J connectivity index is 1.61. The second kappa shape index (κ2) is 8.47. The van der Waals surface area contributed by atoms with Crippen molar-refractivity contribution in [2.45, 2.75) is 12.8 Å². The third-order valence-electron chi connectivity index (χ3n) is 3.08. The number of nitrogens with one attached hydrogen (secondary N) is 2. The summed E-state index contributed by atoms with van der Waals surface area (Å²) in [6.07, 6.45) is 1.34. The summed E-state index contributed by atoms with van der Waals surface area (Å²) in [5, 5.41) is 6.17. The molecule has 1 amide bonds. The smallest absolute Gasteiger partial charge is 0.221 e. The summed E-state index contributed by atoms with van der Waals surface area (Å²) in [5.74, 6) is 0.0772. The Labute approximate surface area is 133 Å². The molecule has 0 aromatic heterocycles. The fourth-order valence-electron chi connectivity index (χ4n) is 2.00. The molecular weight excluding hydrogens is 328 g/mol. The highest BCUT2D eigenvalue weighted by Gasteiger charge is 2.01. The molecule has 0 aliphatic carbocycles. The van der Waals surface area contributed by atoms with Gasteiger partial charge in [-0.25, -0.2) is 0 Å². The van der Waals surface area contributed by atoms with Gasteiger partial charge < -0.3 is 10.6 Å². The van der Waals surface area contributed by atoms with Crippen LogP contribution in [0.5, 0.6) is 0 Å². The van der Waals surface area contributed by atoms with Gasteiger partial charge in [-0.05, 0) is 30.2 Å². The van der Waals surface area contributed by atoms with Gasteiger partial charge in [0.1, 0.15) is 0 Å². The molecule has 0 aliphatic heterocycles. The van der Waals surface area contributed by atoms with Gasteiger partial charge in [0.05, 0.1) is 0 Å². The van der Waals surface area contributed by atoms with Crippen LogP contribution in [0, 0.1) is 0 Å². The predicted octanol–water partition coefficient (Wildman–Crippen LogP) is 3.61. The molecule has 3 nitrogen and oxygen atoms in total. The summed E-state index contributed by atoms with van der Waals surface area (Å²) in [5.41, 5.74) is 2.26. The Hall–Kier alpha value is -1.81. The second-order valence-corrected chi connectivity index (χ2v) is 5.69. The topological polar surface area (TPSA) is 41.1 Å². The van der Waals surface area contributed by atoms with Crippen molar-refractivity contribution < 1.29 is 4.79 Å². The van der Waals surface area contributed by atoms with Crippen LogP contribution in [0.4, 0.5) is 5.69 Å². The fourth-order valence-corrected chi connectivity index (χ4v) is 2.40. The lowest BCUT2D eigenvalue weighted by Crippen LogP contribution is -2.27. The summed E-state index contributed by atoms with van der Waals surface area (Å²) in [6.45, 7) is 1.31. The van der Waals surface area contributed by atoms with Gasteiger partial charge in [0.15, 0.2) is 0 Å². The van der Waals surface area contributed by atoms with Crippen LogP contribution in [0.2, 0.25) is 0 Å². The maximum absolute atomic E-state index is 11.7.